The van der Waals surface area contributed by atoms with Gasteiger partial charge < -0.3 is 22.9 Å². The van der Waals surface area contributed by atoms with E-state index < -0.39 is 0 Å². The van der Waals surface area contributed by atoms with Gasteiger partial charge in [-0.25, -0.2) is 0 Å². The Bertz CT molecular complexity index is 100. The number of halogens is 4. The summed E-state index contributed by atoms with van der Waals surface area (Å²) in [7, 11) is 7.16. The van der Waals surface area contributed by atoms with Gasteiger partial charge in [0, 0.05) is 49.2 Å². The first-order valence-corrected chi connectivity index (χ1v) is 10.1. The van der Waals surface area contributed by atoms with Gasteiger partial charge in [0.2, 0.25) is 0 Å². The summed E-state index contributed by atoms with van der Waals surface area (Å²) in [5.41, 5.74) is 21.0. The second kappa shape index (κ2) is 42.9. The van der Waals surface area contributed by atoms with Crippen LogP contribution in [0.2, 0.25) is 0 Å². The predicted octanol–water partition coefficient (Wildman–Crippen LogP) is 2.26. The fourth-order valence-electron chi connectivity index (χ4n) is 0.428. The molecule has 0 spiro atoms. The van der Waals surface area contributed by atoms with Gasteiger partial charge in [0.1, 0.15) is 0 Å². The number of hydrogen-bond donors (Lipinski definition) is 4. The summed E-state index contributed by atoms with van der Waals surface area (Å²) < 4.78 is 0. The molecule has 0 unspecified atom stereocenters. The molecule has 0 aliphatic carbocycles. The third-order valence-electron chi connectivity index (χ3n) is 0.971. The summed E-state index contributed by atoms with van der Waals surface area (Å²) in [6.07, 6.45) is 0. The van der Waals surface area contributed by atoms with Crippen molar-refractivity contribution in [3.05, 3.63) is 0 Å². The summed E-state index contributed by atoms with van der Waals surface area (Å²) >= 11 is 0. The molecule has 132 valence electrons. The highest BCUT2D eigenvalue weighted by atomic mass is 35.5. The van der Waals surface area contributed by atoms with Gasteiger partial charge >= 0.3 is 0 Å². The minimum absolute atomic E-state index is 0. The molecular formula is C8H28Cl4N4S4. The average Bonchev–Trinajstić information content (AvgIpc) is 2.31. The SMILES string of the molecule is Cl.Cl.Cl.Cl.NCCSSCCN.NCCSSCCN. The molecule has 0 amide bonds. The van der Waals surface area contributed by atoms with Gasteiger partial charge in [0.15, 0.2) is 0 Å². The van der Waals surface area contributed by atoms with Crippen molar-refractivity contribution < 1.29 is 0 Å². The average molecular weight is 450 g/mol. The van der Waals surface area contributed by atoms with Crippen molar-refractivity contribution in [2.24, 2.45) is 22.9 Å². The van der Waals surface area contributed by atoms with E-state index in [9.17, 15) is 0 Å². The largest absolute Gasteiger partial charge is 0.330 e. The van der Waals surface area contributed by atoms with Gasteiger partial charge in [-0.15, -0.1) is 49.6 Å². The van der Waals surface area contributed by atoms with Crippen molar-refractivity contribution >= 4 is 92.8 Å². The number of rotatable bonds is 10. The highest BCUT2D eigenvalue weighted by Gasteiger charge is 1.84. The highest BCUT2D eigenvalue weighted by Crippen LogP contribution is 2.18. The normalized spacial score (nSPS) is 7.80. The molecule has 0 saturated carbocycles. The van der Waals surface area contributed by atoms with Crippen molar-refractivity contribution in [1.29, 1.82) is 0 Å². The zero-order valence-electron chi connectivity index (χ0n) is 11.2. The maximum Gasteiger partial charge on any atom is 0.0160 e. The molecule has 12 heteroatoms. The van der Waals surface area contributed by atoms with E-state index in [1.165, 1.54) is 0 Å². The maximum atomic E-state index is 5.25. The lowest BCUT2D eigenvalue weighted by Crippen LogP contribution is -2.02. The molecule has 0 heterocycles. The standard InChI is InChI=1S/2C4H12N2S2.4ClH/c2*5-1-3-7-8-4-2-6;;;;/h2*1-6H2;4*1H. The molecule has 0 rings (SSSR count). The van der Waals surface area contributed by atoms with Crippen LogP contribution in [-0.4, -0.2) is 49.2 Å². The second-order valence-corrected chi connectivity index (χ2v) is 7.85. The van der Waals surface area contributed by atoms with Crippen LogP contribution in [0, 0.1) is 0 Å². The van der Waals surface area contributed by atoms with Crippen LogP contribution in [0.4, 0.5) is 0 Å². The number of hydrogen-bond acceptors (Lipinski definition) is 8. The van der Waals surface area contributed by atoms with E-state index in [4.69, 9.17) is 22.9 Å². The lowest BCUT2D eigenvalue weighted by Gasteiger charge is -1.93. The lowest BCUT2D eigenvalue weighted by molar-refractivity contribution is 1.15. The highest BCUT2D eigenvalue weighted by molar-refractivity contribution is 8.77. The molecule has 4 nitrogen and oxygen atoms in total. The molecular weight excluding hydrogens is 422 g/mol. The summed E-state index contributed by atoms with van der Waals surface area (Å²) in [5.74, 6) is 4.13. The Morgan fingerprint density at radius 2 is 0.550 bits per heavy atom. The van der Waals surface area contributed by atoms with Gasteiger partial charge in [0.05, 0.1) is 0 Å². The Balaban J connectivity index is -0.0000000408. The molecule has 0 radical (unpaired) electrons. The maximum absolute atomic E-state index is 5.25. The van der Waals surface area contributed by atoms with E-state index in [1.807, 2.05) is 0 Å². The first kappa shape index (κ1) is 38.1. The zero-order chi connectivity index (χ0) is 12.5. The Hall–Kier alpha value is 2.40. The fraction of sp³-hybridized carbons (Fsp3) is 1.00. The number of nitrogens with two attached hydrogens (primary N) is 4. The zero-order valence-corrected chi connectivity index (χ0v) is 17.8. The van der Waals surface area contributed by atoms with Crippen LogP contribution in [0.5, 0.6) is 0 Å². The molecule has 8 N–H and O–H groups in total. The minimum Gasteiger partial charge on any atom is -0.330 e. The summed E-state index contributed by atoms with van der Waals surface area (Å²) in [5, 5.41) is 0. The molecule has 0 fully saturated rings. The van der Waals surface area contributed by atoms with Gasteiger partial charge in [-0.3, -0.25) is 0 Å². The Kier molecular flexibility index (Phi) is 81.9. The van der Waals surface area contributed by atoms with Crippen LogP contribution in [-0.2, 0) is 0 Å². The monoisotopic (exact) mass is 448 g/mol. The van der Waals surface area contributed by atoms with Crippen LogP contribution >= 0.6 is 92.8 Å². The Morgan fingerprint density at radius 3 is 0.650 bits per heavy atom. The van der Waals surface area contributed by atoms with Crippen LogP contribution < -0.4 is 22.9 Å². The smallest absolute Gasteiger partial charge is 0.0160 e. The van der Waals surface area contributed by atoms with Crippen LogP contribution in [0.25, 0.3) is 0 Å². The molecule has 0 bridgehead atoms. The molecule has 0 aliphatic heterocycles. The van der Waals surface area contributed by atoms with E-state index in [0.717, 1.165) is 49.2 Å². The molecule has 0 atom stereocenters. The molecule has 0 aromatic carbocycles. The van der Waals surface area contributed by atoms with Crippen molar-refractivity contribution in [2.45, 2.75) is 0 Å². The molecule has 20 heavy (non-hydrogen) atoms. The summed E-state index contributed by atoms with van der Waals surface area (Å²) in [6, 6.07) is 0. The van der Waals surface area contributed by atoms with E-state index in [1.54, 1.807) is 43.2 Å². The fourth-order valence-corrected chi connectivity index (χ4v) is 3.85. The van der Waals surface area contributed by atoms with Crippen molar-refractivity contribution in [1.82, 2.24) is 0 Å². The van der Waals surface area contributed by atoms with E-state index in [2.05, 4.69) is 0 Å². The third-order valence-corrected chi connectivity index (χ3v) is 5.91. The predicted molar refractivity (Wildman–Crippen MR) is 115 cm³/mol. The topological polar surface area (TPSA) is 104 Å². The Morgan fingerprint density at radius 1 is 0.400 bits per heavy atom. The van der Waals surface area contributed by atoms with Crippen molar-refractivity contribution in [3.8, 4) is 0 Å². The van der Waals surface area contributed by atoms with E-state index in [-0.39, 0.29) is 49.6 Å². The van der Waals surface area contributed by atoms with E-state index in [0.29, 0.717) is 0 Å². The first-order chi connectivity index (χ1) is 7.83. The van der Waals surface area contributed by atoms with Crippen LogP contribution in [0.15, 0.2) is 0 Å². The van der Waals surface area contributed by atoms with Gasteiger partial charge in [-0.05, 0) is 0 Å². The Labute approximate surface area is 164 Å². The van der Waals surface area contributed by atoms with Gasteiger partial charge in [-0.2, -0.15) is 0 Å². The van der Waals surface area contributed by atoms with Crippen molar-refractivity contribution in [2.75, 3.05) is 49.2 Å². The quantitative estimate of drug-likeness (QED) is 0.297. The second-order valence-electron chi connectivity index (χ2n) is 2.44. The molecule has 0 aliphatic rings. The molecule has 0 saturated heterocycles. The molecule has 0 aromatic rings. The van der Waals surface area contributed by atoms with Crippen LogP contribution in [0.1, 0.15) is 0 Å². The summed E-state index contributed by atoms with van der Waals surface area (Å²) in [4.78, 5) is 0. The minimum atomic E-state index is 0. The third kappa shape index (κ3) is 49.9. The lowest BCUT2D eigenvalue weighted by atomic mass is 10.8. The van der Waals surface area contributed by atoms with Crippen molar-refractivity contribution in [3.63, 3.8) is 0 Å². The molecule has 0 aromatic heterocycles. The first-order valence-electron chi connectivity index (χ1n) is 5.12. The van der Waals surface area contributed by atoms with Gasteiger partial charge in [0.25, 0.3) is 0 Å². The summed E-state index contributed by atoms with van der Waals surface area (Å²) in [6.45, 7) is 3.06. The van der Waals surface area contributed by atoms with Gasteiger partial charge in [-0.1, -0.05) is 43.2 Å². The van der Waals surface area contributed by atoms with E-state index >= 15 is 0 Å². The van der Waals surface area contributed by atoms with Crippen LogP contribution in [0.3, 0.4) is 0 Å².